The van der Waals surface area contributed by atoms with Gasteiger partial charge < -0.3 is 24.4 Å². The van der Waals surface area contributed by atoms with E-state index in [9.17, 15) is 9.59 Å². The zero-order valence-electron chi connectivity index (χ0n) is 18.5. The van der Waals surface area contributed by atoms with E-state index in [1.807, 2.05) is 42.6 Å². The Bertz CT molecular complexity index is 1320. The molecule has 0 bridgehead atoms. The topological polar surface area (TPSA) is 87.6 Å². The maximum Gasteiger partial charge on any atom is 0.349 e. The minimum Gasteiger partial charge on any atom is -0.497 e. The minimum absolute atomic E-state index is 0.00804. The van der Waals surface area contributed by atoms with Gasteiger partial charge in [-0.1, -0.05) is 0 Å². The van der Waals surface area contributed by atoms with Crippen LogP contribution in [-0.4, -0.2) is 37.6 Å². The highest BCUT2D eigenvalue weighted by molar-refractivity contribution is 5.97. The number of aromatic amines is 1. The fourth-order valence-corrected chi connectivity index (χ4v) is 3.94. The second-order valence-electron chi connectivity index (χ2n) is 7.57. The predicted octanol–water partition coefficient (Wildman–Crippen LogP) is 4.10. The van der Waals surface area contributed by atoms with Crippen LogP contribution in [-0.2, 0) is 6.42 Å². The van der Waals surface area contributed by atoms with E-state index < -0.39 is 11.5 Å². The molecule has 0 radical (unpaired) electrons. The summed E-state index contributed by atoms with van der Waals surface area (Å²) < 4.78 is 10.8. The molecule has 0 unspecified atom stereocenters. The monoisotopic (exact) mass is 433 g/mol. The van der Waals surface area contributed by atoms with Gasteiger partial charge in [-0.25, -0.2) is 4.79 Å². The second-order valence-corrected chi connectivity index (χ2v) is 7.57. The van der Waals surface area contributed by atoms with Gasteiger partial charge in [0.2, 0.25) is 0 Å². The summed E-state index contributed by atoms with van der Waals surface area (Å²) in [6.45, 7) is 6.25. The number of aromatic nitrogens is 1. The zero-order valence-corrected chi connectivity index (χ0v) is 18.5. The average Bonchev–Trinajstić information content (AvgIpc) is 3.21. The zero-order chi connectivity index (χ0) is 22.7. The molecule has 0 aliphatic rings. The molecule has 0 atom stereocenters. The molecule has 2 N–H and O–H groups in total. The summed E-state index contributed by atoms with van der Waals surface area (Å²) in [4.78, 5) is 30.5. The Hall–Kier alpha value is -3.74. The van der Waals surface area contributed by atoms with Gasteiger partial charge in [0.1, 0.15) is 16.9 Å². The van der Waals surface area contributed by atoms with Gasteiger partial charge in [-0.3, -0.25) is 4.79 Å². The largest absolute Gasteiger partial charge is 0.497 e. The van der Waals surface area contributed by atoms with Gasteiger partial charge in [0.05, 0.1) is 7.11 Å². The predicted molar refractivity (Wildman–Crippen MR) is 127 cm³/mol. The Kier molecular flexibility index (Phi) is 6.16. The lowest BCUT2D eigenvalue weighted by Crippen LogP contribution is -2.29. The van der Waals surface area contributed by atoms with Crippen molar-refractivity contribution in [1.29, 1.82) is 0 Å². The lowest BCUT2D eigenvalue weighted by Gasteiger charge is -2.21. The first-order chi connectivity index (χ1) is 15.5. The van der Waals surface area contributed by atoms with E-state index in [0.717, 1.165) is 46.4 Å². The standard InChI is InChI=1S/C25H27N3O4/c1-4-28(5-2)18-7-6-16-12-21(25(30)32-23(16)13-18)24(29)26-11-10-17-15-27-22-9-8-19(31-3)14-20(17)22/h6-9,12-15,27H,4-5,10-11H2,1-3H3,(H,26,29). The van der Waals surface area contributed by atoms with Crippen LogP contribution in [0.25, 0.3) is 21.9 Å². The van der Waals surface area contributed by atoms with Crippen LogP contribution in [0.1, 0.15) is 29.8 Å². The molecule has 2 heterocycles. The summed E-state index contributed by atoms with van der Waals surface area (Å²) in [7, 11) is 1.63. The first-order valence-corrected chi connectivity index (χ1v) is 10.8. The maximum atomic E-state index is 12.7. The van der Waals surface area contributed by atoms with Crippen molar-refractivity contribution in [3.05, 3.63) is 70.2 Å². The number of amides is 1. The third-order valence-corrected chi connectivity index (χ3v) is 5.75. The van der Waals surface area contributed by atoms with E-state index in [1.54, 1.807) is 13.2 Å². The molecule has 166 valence electrons. The van der Waals surface area contributed by atoms with Crippen molar-refractivity contribution in [2.45, 2.75) is 20.3 Å². The Balaban J connectivity index is 1.48. The molecule has 7 heteroatoms. The third-order valence-electron chi connectivity index (χ3n) is 5.75. The van der Waals surface area contributed by atoms with E-state index in [1.165, 1.54) is 0 Å². The molecule has 0 aliphatic heterocycles. The molecular formula is C25H27N3O4. The first kappa shape index (κ1) is 21.5. The summed E-state index contributed by atoms with van der Waals surface area (Å²) in [5.74, 6) is 0.339. The Morgan fingerprint density at radius 1 is 1.12 bits per heavy atom. The molecule has 2 aromatic carbocycles. The maximum absolute atomic E-state index is 12.7. The second kappa shape index (κ2) is 9.18. The van der Waals surface area contributed by atoms with Crippen LogP contribution in [0, 0.1) is 0 Å². The molecule has 2 aromatic heterocycles. The molecule has 0 saturated heterocycles. The molecule has 0 fully saturated rings. The van der Waals surface area contributed by atoms with Crippen LogP contribution in [0.5, 0.6) is 5.75 Å². The number of rotatable bonds is 8. The SMILES string of the molecule is CCN(CC)c1ccc2cc(C(=O)NCCc3c[nH]c4ccc(OC)cc34)c(=O)oc2c1. The van der Waals surface area contributed by atoms with Crippen molar-refractivity contribution >= 4 is 33.5 Å². The number of H-pyrrole nitrogens is 1. The van der Waals surface area contributed by atoms with Crippen molar-refractivity contribution < 1.29 is 13.9 Å². The molecule has 0 saturated carbocycles. The number of nitrogens with one attached hydrogen (secondary N) is 2. The summed E-state index contributed by atoms with van der Waals surface area (Å²) >= 11 is 0. The number of fused-ring (bicyclic) bond motifs is 2. The highest BCUT2D eigenvalue weighted by Gasteiger charge is 2.15. The van der Waals surface area contributed by atoms with Crippen LogP contribution in [0.4, 0.5) is 5.69 Å². The van der Waals surface area contributed by atoms with Gasteiger partial charge in [0, 0.05) is 53.9 Å². The highest BCUT2D eigenvalue weighted by Crippen LogP contribution is 2.24. The van der Waals surface area contributed by atoms with E-state index in [-0.39, 0.29) is 5.56 Å². The lowest BCUT2D eigenvalue weighted by molar-refractivity contribution is 0.0950. The van der Waals surface area contributed by atoms with Crippen LogP contribution < -0.4 is 20.6 Å². The van der Waals surface area contributed by atoms with Crippen molar-refractivity contribution in [2.75, 3.05) is 31.6 Å². The summed E-state index contributed by atoms with van der Waals surface area (Å²) in [6, 6.07) is 13.1. The summed E-state index contributed by atoms with van der Waals surface area (Å²) in [5, 5.41) is 4.60. The Morgan fingerprint density at radius 3 is 2.69 bits per heavy atom. The van der Waals surface area contributed by atoms with Crippen molar-refractivity contribution in [2.24, 2.45) is 0 Å². The summed E-state index contributed by atoms with van der Waals surface area (Å²) in [6.07, 6.45) is 2.54. The lowest BCUT2D eigenvalue weighted by atomic mass is 10.1. The van der Waals surface area contributed by atoms with Crippen LogP contribution in [0.2, 0.25) is 0 Å². The number of hydrogen-bond acceptors (Lipinski definition) is 5. The fraction of sp³-hybridized carbons (Fsp3) is 0.280. The molecule has 4 aromatic rings. The number of methoxy groups -OCH3 is 1. The van der Waals surface area contributed by atoms with Crippen molar-refractivity contribution in [3.63, 3.8) is 0 Å². The number of carbonyl (C=O) groups excluding carboxylic acids is 1. The number of anilines is 1. The van der Waals surface area contributed by atoms with Gasteiger partial charge in [0.25, 0.3) is 5.91 Å². The fourth-order valence-electron chi connectivity index (χ4n) is 3.94. The number of hydrogen-bond donors (Lipinski definition) is 2. The van der Waals surface area contributed by atoms with E-state index in [0.29, 0.717) is 18.5 Å². The Labute approximate surface area is 186 Å². The van der Waals surface area contributed by atoms with Gasteiger partial charge in [-0.2, -0.15) is 0 Å². The molecule has 0 aliphatic carbocycles. The highest BCUT2D eigenvalue weighted by atomic mass is 16.5. The normalized spacial score (nSPS) is 11.1. The Morgan fingerprint density at radius 2 is 1.94 bits per heavy atom. The van der Waals surface area contributed by atoms with Crippen molar-refractivity contribution in [1.82, 2.24) is 10.3 Å². The van der Waals surface area contributed by atoms with Gasteiger partial charge in [-0.05, 0) is 62.2 Å². The smallest absolute Gasteiger partial charge is 0.349 e. The average molecular weight is 434 g/mol. The van der Waals surface area contributed by atoms with Gasteiger partial charge >= 0.3 is 5.63 Å². The molecule has 7 nitrogen and oxygen atoms in total. The van der Waals surface area contributed by atoms with Crippen molar-refractivity contribution in [3.8, 4) is 5.75 Å². The molecular weight excluding hydrogens is 406 g/mol. The van der Waals surface area contributed by atoms with Crippen LogP contribution >= 0.6 is 0 Å². The number of benzene rings is 2. The quantitative estimate of drug-likeness (QED) is 0.409. The number of carbonyl (C=O) groups is 1. The molecule has 4 rings (SSSR count). The first-order valence-electron chi connectivity index (χ1n) is 10.8. The molecule has 1 amide bonds. The van der Waals surface area contributed by atoms with Crippen LogP contribution in [0.15, 0.2) is 57.9 Å². The molecule has 32 heavy (non-hydrogen) atoms. The van der Waals surface area contributed by atoms with E-state index in [4.69, 9.17) is 9.15 Å². The van der Waals surface area contributed by atoms with E-state index >= 15 is 0 Å². The third kappa shape index (κ3) is 4.19. The molecule has 0 spiro atoms. The number of nitrogens with zero attached hydrogens (tertiary/aromatic N) is 1. The van der Waals surface area contributed by atoms with E-state index in [2.05, 4.69) is 29.0 Å². The minimum atomic E-state index is -0.636. The number of ether oxygens (including phenoxy) is 1. The van der Waals surface area contributed by atoms with Crippen LogP contribution in [0.3, 0.4) is 0 Å². The summed E-state index contributed by atoms with van der Waals surface area (Å²) in [5.41, 5.74) is 2.90. The van der Waals surface area contributed by atoms with Gasteiger partial charge in [0.15, 0.2) is 0 Å². The van der Waals surface area contributed by atoms with Gasteiger partial charge in [-0.15, -0.1) is 0 Å².